The van der Waals surface area contributed by atoms with Crippen molar-refractivity contribution in [2.45, 2.75) is 26.7 Å². The standard InChI is InChI=1S/C15H14FNO2S/c1-15(2)6-10-13(12(19)7-15)20-14(17-10)8-3-4-11(18)9(16)5-8/h3-5,18H,6-7H2,1-2H3. The van der Waals surface area contributed by atoms with Crippen LogP contribution in [-0.4, -0.2) is 15.9 Å². The molecular formula is C15H14FNO2S. The van der Waals surface area contributed by atoms with E-state index >= 15 is 0 Å². The third-order valence-corrected chi connectivity index (χ3v) is 4.62. The van der Waals surface area contributed by atoms with Crippen LogP contribution in [0.2, 0.25) is 0 Å². The monoisotopic (exact) mass is 291 g/mol. The van der Waals surface area contributed by atoms with Crippen molar-refractivity contribution >= 4 is 17.1 Å². The number of ketones is 1. The lowest BCUT2D eigenvalue weighted by molar-refractivity contribution is 0.0916. The quantitative estimate of drug-likeness (QED) is 0.869. The fraction of sp³-hybridized carbons (Fsp3) is 0.333. The van der Waals surface area contributed by atoms with Crippen LogP contribution in [0.4, 0.5) is 4.39 Å². The highest BCUT2D eigenvalue weighted by atomic mass is 32.1. The topological polar surface area (TPSA) is 50.2 Å². The van der Waals surface area contributed by atoms with Crippen LogP contribution in [0.5, 0.6) is 5.75 Å². The van der Waals surface area contributed by atoms with Crippen molar-refractivity contribution in [3.05, 3.63) is 34.6 Å². The van der Waals surface area contributed by atoms with Crippen LogP contribution in [-0.2, 0) is 6.42 Å². The summed E-state index contributed by atoms with van der Waals surface area (Å²) in [6.45, 7) is 4.10. The number of aromatic hydroxyl groups is 1. The number of phenolic OH excluding ortho intramolecular Hbond substituents is 1. The molecule has 5 heteroatoms. The molecule has 0 saturated carbocycles. The Morgan fingerprint density at radius 3 is 2.80 bits per heavy atom. The van der Waals surface area contributed by atoms with Crippen molar-refractivity contribution in [1.29, 1.82) is 0 Å². The van der Waals surface area contributed by atoms with Gasteiger partial charge in [-0.25, -0.2) is 9.37 Å². The Labute approximate surface area is 120 Å². The minimum Gasteiger partial charge on any atom is -0.505 e. The first kappa shape index (κ1) is 13.2. The Bertz CT molecular complexity index is 706. The van der Waals surface area contributed by atoms with Gasteiger partial charge in [0.05, 0.1) is 10.6 Å². The number of nitrogens with zero attached hydrogens (tertiary/aromatic N) is 1. The molecule has 20 heavy (non-hydrogen) atoms. The van der Waals surface area contributed by atoms with E-state index < -0.39 is 5.82 Å². The number of halogens is 1. The maximum absolute atomic E-state index is 13.4. The molecule has 0 bridgehead atoms. The molecule has 1 N–H and O–H groups in total. The first-order valence-electron chi connectivity index (χ1n) is 6.37. The van der Waals surface area contributed by atoms with Gasteiger partial charge in [-0.3, -0.25) is 4.79 Å². The molecule has 2 aromatic rings. The largest absolute Gasteiger partial charge is 0.505 e. The minimum absolute atomic E-state index is 0.0738. The maximum atomic E-state index is 13.4. The molecule has 3 nitrogen and oxygen atoms in total. The molecule has 0 radical (unpaired) electrons. The molecule has 0 aliphatic heterocycles. The summed E-state index contributed by atoms with van der Waals surface area (Å²) in [5, 5.41) is 9.84. The molecule has 3 rings (SSSR count). The Kier molecular flexibility index (Phi) is 2.90. The molecule has 0 saturated heterocycles. The zero-order valence-electron chi connectivity index (χ0n) is 11.2. The molecule has 1 heterocycles. The van der Waals surface area contributed by atoms with Crippen molar-refractivity contribution in [3.63, 3.8) is 0 Å². The van der Waals surface area contributed by atoms with E-state index in [0.717, 1.165) is 12.1 Å². The predicted molar refractivity (Wildman–Crippen MR) is 75.6 cm³/mol. The van der Waals surface area contributed by atoms with Crippen molar-refractivity contribution in [2.24, 2.45) is 5.41 Å². The van der Waals surface area contributed by atoms with E-state index in [9.17, 15) is 14.3 Å². The van der Waals surface area contributed by atoms with Gasteiger partial charge in [-0.15, -0.1) is 11.3 Å². The molecule has 1 aliphatic carbocycles. The van der Waals surface area contributed by atoms with Gasteiger partial charge in [0.25, 0.3) is 0 Å². The van der Waals surface area contributed by atoms with E-state index in [-0.39, 0.29) is 16.9 Å². The van der Waals surface area contributed by atoms with Crippen molar-refractivity contribution < 1.29 is 14.3 Å². The summed E-state index contributed by atoms with van der Waals surface area (Å²) in [6.07, 6.45) is 1.27. The summed E-state index contributed by atoms with van der Waals surface area (Å²) in [5.74, 6) is -0.950. The highest BCUT2D eigenvalue weighted by molar-refractivity contribution is 7.17. The average molecular weight is 291 g/mol. The van der Waals surface area contributed by atoms with Crippen molar-refractivity contribution in [1.82, 2.24) is 4.98 Å². The van der Waals surface area contributed by atoms with Crippen LogP contribution in [0.3, 0.4) is 0 Å². The number of hydrogen-bond acceptors (Lipinski definition) is 4. The minimum atomic E-state index is -0.678. The van der Waals surface area contributed by atoms with E-state index in [4.69, 9.17) is 0 Å². The summed E-state index contributed by atoms with van der Waals surface area (Å²) < 4.78 is 13.4. The van der Waals surface area contributed by atoms with Crippen LogP contribution in [0.1, 0.15) is 35.6 Å². The second kappa shape index (κ2) is 4.38. The number of rotatable bonds is 1. The summed E-state index contributed by atoms with van der Waals surface area (Å²) in [5.41, 5.74) is 1.32. The lowest BCUT2D eigenvalue weighted by atomic mass is 9.78. The lowest BCUT2D eigenvalue weighted by Crippen LogP contribution is -2.25. The van der Waals surface area contributed by atoms with Gasteiger partial charge >= 0.3 is 0 Å². The Morgan fingerprint density at radius 1 is 1.35 bits per heavy atom. The van der Waals surface area contributed by atoms with Crippen LogP contribution >= 0.6 is 11.3 Å². The number of Topliss-reactive ketones (excluding diaryl/α,β-unsaturated/α-hetero) is 1. The van der Waals surface area contributed by atoms with Crippen LogP contribution in [0.25, 0.3) is 10.6 Å². The second-order valence-corrected chi connectivity index (χ2v) is 6.90. The SMILES string of the molecule is CC1(C)CC(=O)c2sc(-c3ccc(O)c(F)c3)nc2C1. The van der Waals surface area contributed by atoms with Crippen LogP contribution in [0.15, 0.2) is 18.2 Å². The van der Waals surface area contributed by atoms with Crippen molar-refractivity contribution in [2.75, 3.05) is 0 Å². The lowest BCUT2D eigenvalue weighted by Gasteiger charge is -2.26. The number of benzene rings is 1. The number of fused-ring (bicyclic) bond motifs is 1. The number of hydrogen-bond donors (Lipinski definition) is 1. The maximum Gasteiger partial charge on any atom is 0.175 e. The number of phenols is 1. The number of carbonyl (C=O) groups excluding carboxylic acids is 1. The third kappa shape index (κ3) is 2.22. The second-order valence-electron chi connectivity index (χ2n) is 5.90. The fourth-order valence-corrected chi connectivity index (χ4v) is 3.50. The van der Waals surface area contributed by atoms with Gasteiger partial charge in [-0.1, -0.05) is 13.8 Å². The molecule has 0 fully saturated rings. The zero-order chi connectivity index (χ0) is 14.5. The molecule has 0 amide bonds. The molecular weight excluding hydrogens is 277 g/mol. The van der Waals surface area contributed by atoms with E-state index in [1.807, 2.05) is 13.8 Å². The average Bonchev–Trinajstić information content (AvgIpc) is 2.75. The number of thiazole rings is 1. The normalized spacial score (nSPS) is 17.1. The highest BCUT2D eigenvalue weighted by Crippen LogP contribution is 2.39. The zero-order valence-corrected chi connectivity index (χ0v) is 12.1. The van der Waals surface area contributed by atoms with E-state index in [0.29, 0.717) is 21.9 Å². The van der Waals surface area contributed by atoms with E-state index in [1.165, 1.54) is 23.5 Å². The number of aromatic nitrogens is 1. The van der Waals surface area contributed by atoms with Crippen molar-refractivity contribution in [3.8, 4) is 16.3 Å². The molecule has 0 unspecified atom stereocenters. The molecule has 104 valence electrons. The Balaban J connectivity index is 2.05. The molecule has 1 aromatic heterocycles. The van der Waals surface area contributed by atoms with Gasteiger partial charge in [0.2, 0.25) is 0 Å². The van der Waals surface area contributed by atoms with Gasteiger partial charge < -0.3 is 5.11 Å². The molecule has 1 aromatic carbocycles. The van der Waals surface area contributed by atoms with Crippen LogP contribution in [0, 0.1) is 11.2 Å². The fourth-order valence-electron chi connectivity index (χ4n) is 2.48. The first-order chi connectivity index (χ1) is 9.35. The highest BCUT2D eigenvalue weighted by Gasteiger charge is 2.34. The Hall–Kier alpha value is -1.75. The summed E-state index contributed by atoms with van der Waals surface area (Å²) in [7, 11) is 0. The first-order valence-corrected chi connectivity index (χ1v) is 7.19. The summed E-state index contributed by atoms with van der Waals surface area (Å²) >= 11 is 1.30. The predicted octanol–water partition coefficient (Wildman–Crippen LogP) is 3.81. The van der Waals surface area contributed by atoms with Gasteiger partial charge in [-0.05, 0) is 30.0 Å². The van der Waals surface area contributed by atoms with E-state index in [2.05, 4.69) is 4.98 Å². The number of carbonyl (C=O) groups is 1. The molecule has 1 aliphatic rings. The van der Waals surface area contributed by atoms with Gasteiger partial charge in [-0.2, -0.15) is 0 Å². The summed E-state index contributed by atoms with van der Waals surface area (Å²) in [4.78, 5) is 17.3. The van der Waals surface area contributed by atoms with Crippen LogP contribution < -0.4 is 0 Å². The van der Waals surface area contributed by atoms with E-state index in [1.54, 1.807) is 6.07 Å². The van der Waals surface area contributed by atoms with Gasteiger partial charge in [0.1, 0.15) is 5.01 Å². The smallest absolute Gasteiger partial charge is 0.175 e. The van der Waals surface area contributed by atoms with Gasteiger partial charge in [0, 0.05) is 12.0 Å². The Morgan fingerprint density at radius 2 is 2.10 bits per heavy atom. The molecule has 0 atom stereocenters. The molecule has 0 spiro atoms. The third-order valence-electron chi connectivity index (χ3n) is 3.43. The summed E-state index contributed by atoms with van der Waals surface area (Å²) in [6, 6.07) is 4.16. The van der Waals surface area contributed by atoms with Gasteiger partial charge in [0.15, 0.2) is 17.3 Å².